The van der Waals surface area contributed by atoms with E-state index in [1.54, 1.807) is 6.07 Å². The summed E-state index contributed by atoms with van der Waals surface area (Å²) in [6, 6.07) is 2.87. The number of aromatic nitrogens is 3. The van der Waals surface area contributed by atoms with Crippen LogP contribution in [0.1, 0.15) is 5.82 Å². The van der Waals surface area contributed by atoms with Gasteiger partial charge in [-0.3, -0.25) is 9.59 Å². The van der Waals surface area contributed by atoms with Crippen LogP contribution in [0.4, 0.5) is 13.2 Å². The second kappa shape index (κ2) is 7.20. The maximum absolute atomic E-state index is 12.5. The molecule has 0 aromatic carbocycles. The van der Waals surface area contributed by atoms with Crippen molar-refractivity contribution in [3.8, 4) is 0 Å². The molecule has 0 saturated heterocycles. The number of nitrogens with zero attached hydrogens (tertiary/aromatic N) is 4. The fourth-order valence-corrected chi connectivity index (χ4v) is 2.40. The molecule has 2 aromatic heterocycles. The predicted octanol–water partition coefficient (Wildman–Crippen LogP) is 2.03. The van der Waals surface area contributed by atoms with Crippen LogP contribution in [-0.2, 0) is 24.4 Å². The SMILES string of the molecule is CN(Cc1nccn1CC(F)(F)F)C(=O)Cn1cc(Br)ccc1=O. The van der Waals surface area contributed by atoms with Crippen molar-refractivity contribution in [2.45, 2.75) is 25.8 Å². The lowest BCUT2D eigenvalue weighted by atomic mass is 10.4. The zero-order valence-corrected chi connectivity index (χ0v) is 14.2. The highest BCUT2D eigenvalue weighted by Crippen LogP contribution is 2.18. The van der Waals surface area contributed by atoms with Crippen LogP contribution in [-0.4, -0.2) is 38.1 Å². The number of carbonyl (C=O) groups is 1. The van der Waals surface area contributed by atoms with Crippen molar-refractivity contribution >= 4 is 21.8 Å². The van der Waals surface area contributed by atoms with Crippen molar-refractivity contribution < 1.29 is 18.0 Å². The maximum Gasteiger partial charge on any atom is 0.406 e. The molecule has 1 amide bonds. The van der Waals surface area contributed by atoms with E-state index in [-0.39, 0.29) is 24.5 Å². The van der Waals surface area contributed by atoms with E-state index in [4.69, 9.17) is 0 Å². The summed E-state index contributed by atoms with van der Waals surface area (Å²) >= 11 is 3.20. The third-order valence-corrected chi connectivity index (χ3v) is 3.68. The van der Waals surface area contributed by atoms with Gasteiger partial charge in [0.05, 0.1) is 6.54 Å². The molecular weight excluding hydrogens is 393 g/mol. The van der Waals surface area contributed by atoms with Crippen molar-refractivity contribution in [2.24, 2.45) is 0 Å². The molecule has 0 radical (unpaired) electrons. The maximum atomic E-state index is 12.5. The van der Waals surface area contributed by atoms with Gasteiger partial charge in [0.1, 0.15) is 18.9 Å². The van der Waals surface area contributed by atoms with E-state index < -0.39 is 18.6 Å². The average molecular weight is 407 g/mol. The molecule has 24 heavy (non-hydrogen) atoms. The van der Waals surface area contributed by atoms with Crippen LogP contribution in [0, 0.1) is 0 Å². The zero-order valence-electron chi connectivity index (χ0n) is 12.6. The van der Waals surface area contributed by atoms with Crippen LogP contribution < -0.4 is 5.56 Å². The first kappa shape index (κ1) is 18.2. The van der Waals surface area contributed by atoms with E-state index in [1.807, 2.05) is 0 Å². The van der Waals surface area contributed by atoms with Gasteiger partial charge in [0, 0.05) is 36.2 Å². The molecule has 0 spiro atoms. The predicted molar refractivity (Wildman–Crippen MR) is 83.2 cm³/mol. The van der Waals surface area contributed by atoms with Crippen LogP contribution in [0.25, 0.3) is 0 Å². The van der Waals surface area contributed by atoms with Gasteiger partial charge in [-0.05, 0) is 22.0 Å². The summed E-state index contributed by atoms with van der Waals surface area (Å²) in [5.41, 5.74) is -0.349. The molecule has 10 heteroatoms. The van der Waals surface area contributed by atoms with Crippen LogP contribution >= 0.6 is 15.9 Å². The van der Waals surface area contributed by atoms with E-state index >= 15 is 0 Å². The Bertz CT molecular complexity index is 785. The summed E-state index contributed by atoms with van der Waals surface area (Å²) in [6.07, 6.45) is -0.446. The molecule has 0 saturated carbocycles. The van der Waals surface area contributed by atoms with Gasteiger partial charge in [0.25, 0.3) is 5.56 Å². The van der Waals surface area contributed by atoms with Gasteiger partial charge in [0.2, 0.25) is 5.91 Å². The molecule has 0 aliphatic heterocycles. The number of imidazole rings is 1. The van der Waals surface area contributed by atoms with E-state index in [2.05, 4.69) is 20.9 Å². The number of hydrogen-bond acceptors (Lipinski definition) is 3. The van der Waals surface area contributed by atoms with Crippen LogP contribution in [0.15, 0.2) is 40.0 Å². The van der Waals surface area contributed by atoms with Crippen LogP contribution in [0.2, 0.25) is 0 Å². The quantitative estimate of drug-likeness (QED) is 0.763. The fraction of sp³-hybridized carbons (Fsp3) is 0.357. The molecule has 0 aliphatic carbocycles. The van der Waals surface area contributed by atoms with Crippen molar-refractivity contribution in [1.29, 1.82) is 0 Å². The smallest absolute Gasteiger partial charge is 0.337 e. The summed E-state index contributed by atoms with van der Waals surface area (Å²) < 4.78 is 40.3. The van der Waals surface area contributed by atoms with E-state index in [1.165, 1.54) is 41.2 Å². The molecule has 6 nitrogen and oxygen atoms in total. The minimum atomic E-state index is -4.37. The molecule has 0 unspecified atom stereocenters. The van der Waals surface area contributed by atoms with Gasteiger partial charge < -0.3 is 14.0 Å². The second-order valence-corrected chi connectivity index (χ2v) is 6.07. The second-order valence-electron chi connectivity index (χ2n) is 5.15. The Morgan fingerprint density at radius 2 is 2.04 bits per heavy atom. The Hall–Kier alpha value is -2.10. The number of hydrogen-bond donors (Lipinski definition) is 0. The standard InChI is InChI=1S/C14H14BrF3N4O2/c1-20(7-11-19-4-5-21(11)9-14(16,17)18)13(24)8-22-6-10(15)2-3-12(22)23/h2-6H,7-9H2,1H3. The van der Waals surface area contributed by atoms with E-state index in [9.17, 15) is 22.8 Å². The van der Waals surface area contributed by atoms with Crippen molar-refractivity contribution in [1.82, 2.24) is 19.0 Å². The minimum absolute atomic E-state index is 0.0926. The minimum Gasteiger partial charge on any atom is -0.337 e. The van der Waals surface area contributed by atoms with Gasteiger partial charge in [-0.15, -0.1) is 0 Å². The number of halogens is 4. The number of amides is 1. The van der Waals surface area contributed by atoms with E-state index in [0.29, 0.717) is 4.47 Å². The first-order valence-electron chi connectivity index (χ1n) is 6.82. The molecule has 130 valence electrons. The topological polar surface area (TPSA) is 60.1 Å². The molecule has 2 aromatic rings. The normalized spacial score (nSPS) is 11.5. The third kappa shape index (κ3) is 4.95. The zero-order chi connectivity index (χ0) is 17.9. The highest BCUT2D eigenvalue weighted by Gasteiger charge is 2.29. The van der Waals surface area contributed by atoms with Crippen molar-refractivity contribution in [3.05, 3.63) is 51.4 Å². The number of carbonyl (C=O) groups excluding carboxylic acids is 1. The van der Waals surface area contributed by atoms with Crippen molar-refractivity contribution in [2.75, 3.05) is 7.05 Å². The molecule has 2 rings (SSSR count). The lowest BCUT2D eigenvalue weighted by Crippen LogP contribution is -2.34. The Morgan fingerprint density at radius 3 is 2.71 bits per heavy atom. The Labute approximate surface area is 143 Å². The summed E-state index contributed by atoms with van der Waals surface area (Å²) in [5, 5.41) is 0. The van der Waals surface area contributed by atoms with E-state index in [0.717, 1.165) is 4.57 Å². The molecule has 0 aliphatic rings. The third-order valence-electron chi connectivity index (χ3n) is 3.21. The van der Waals surface area contributed by atoms with Crippen LogP contribution in [0.3, 0.4) is 0 Å². The highest BCUT2D eigenvalue weighted by molar-refractivity contribution is 9.10. The number of alkyl halides is 3. The van der Waals surface area contributed by atoms with Crippen molar-refractivity contribution in [3.63, 3.8) is 0 Å². The lowest BCUT2D eigenvalue weighted by Gasteiger charge is -2.19. The fourth-order valence-electron chi connectivity index (χ4n) is 2.02. The first-order valence-corrected chi connectivity index (χ1v) is 7.62. The lowest BCUT2D eigenvalue weighted by molar-refractivity contribution is -0.141. The summed E-state index contributed by atoms with van der Waals surface area (Å²) in [5.74, 6) is -0.304. The molecule has 2 heterocycles. The van der Waals surface area contributed by atoms with Gasteiger partial charge in [0.15, 0.2) is 0 Å². The van der Waals surface area contributed by atoms with Gasteiger partial charge >= 0.3 is 6.18 Å². The summed E-state index contributed by atoms with van der Waals surface area (Å²) in [6.45, 7) is -1.48. The Kier molecular flexibility index (Phi) is 5.47. The number of pyridine rings is 1. The monoisotopic (exact) mass is 406 g/mol. The molecular formula is C14H14BrF3N4O2. The molecule has 0 fully saturated rings. The Morgan fingerprint density at radius 1 is 1.33 bits per heavy atom. The van der Waals surface area contributed by atoms with Gasteiger partial charge in [-0.25, -0.2) is 4.98 Å². The van der Waals surface area contributed by atoms with Crippen LogP contribution in [0.5, 0.6) is 0 Å². The molecule has 0 N–H and O–H groups in total. The highest BCUT2D eigenvalue weighted by atomic mass is 79.9. The van der Waals surface area contributed by atoms with Gasteiger partial charge in [-0.1, -0.05) is 0 Å². The molecule has 0 atom stereocenters. The Balaban J connectivity index is 2.06. The number of rotatable bonds is 5. The molecule has 0 bridgehead atoms. The van der Waals surface area contributed by atoms with Gasteiger partial charge in [-0.2, -0.15) is 13.2 Å². The summed E-state index contributed by atoms with van der Waals surface area (Å²) in [4.78, 5) is 29.0. The number of likely N-dealkylation sites (N-methyl/N-ethyl adjacent to an activating group) is 1. The largest absolute Gasteiger partial charge is 0.406 e. The first-order chi connectivity index (χ1) is 11.2. The summed E-state index contributed by atoms with van der Waals surface area (Å²) in [7, 11) is 1.44. The average Bonchev–Trinajstić information content (AvgIpc) is 2.87.